The average Bonchev–Trinajstić information content (AvgIpc) is 2.88. The number of benzene rings is 2. The van der Waals surface area contributed by atoms with Gasteiger partial charge >= 0.3 is 0 Å². The Hall–Kier alpha value is -2.96. The number of nitrogens with zero attached hydrogens (tertiary/aromatic N) is 3. The average molecular weight is 446 g/mol. The van der Waals surface area contributed by atoms with Crippen LogP contribution in [0.15, 0.2) is 54.7 Å². The standard InChI is InChI=1S/C27H31N3O3/c31-17-3-12-29-13-10-23(11-14-29)33-22-8-6-21(7-9-22)25-20-28-26-5-2-1-4-24(26)27(25)30-15-18-32-19-16-30/h1-2,4-9,17,20,23H,3,10-16,18-19H2. The maximum absolute atomic E-state index is 10.6. The number of likely N-dealkylation sites (tertiary alicyclic amines) is 1. The van der Waals surface area contributed by atoms with Crippen molar-refractivity contribution in [3.05, 3.63) is 54.7 Å². The van der Waals surface area contributed by atoms with Crippen molar-refractivity contribution in [3.8, 4) is 16.9 Å². The number of piperidine rings is 1. The summed E-state index contributed by atoms with van der Waals surface area (Å²) in [5.41, 5.74) is 4.54. The number of morpholine rings is 1. The number of hydrogen-bond donors (Lipinski definition) is 0. The van der Waals surface area contributed by atoms with Gasteiger partial charge in [-0.3, -0.25) is 4.98 Å². The molecule has 2 aromatic carbocycles. The molecule has 3 heterocycles. The molecule has 1 aromatic heterocycles. The molecule has 0 spiro atoms. The van der Waals surface area contributed by atoms with Crippen molar-refractivity contribution in [2.24, 2.45) is 0 Å². The molecule has 0 N–H and O–H groups in total. The van der Waals surface area contributed by atoms with E-state index in [9.17, 15) is 4.79 Å². The Labute approximate surface area is 195 Å². The lowest BCUT2D eigenvalue weighted by molar-refractivity contribution is -0.108. The molecule has 6 heteroatoms. The number of ether oxygens (including phenoxy) is 2. The molecule has 0 bridgehead atoms. The third kappa shape index (κ3) is 5.02. The highest BCUT2D eigenvalue weighted by atomic mass is 16.5. The summed E-state index contributed by atoms with van der Waals surface area (Å²) in [6.07, 6.45) is 5.84. The number of para-hydroxylation sites is 1. The minimum atomic E-state index is 0.231. The zero-order valence-electron chi connectivity index (χ0n) is 19.0. The van der Waals surface area contributed by atoms with Crippen LogP contribution < -0.4 is 9.64 Å². The van der Waals surface area contributed by atoms with Gasteiger partial charge < -0.3 is 24.1 Å². The normalized spacial score (nSPS) is 17.9. The van der Waals surface area contributed by atoms with Crippen LogP contribution in [0, 0.1) is 0 Å². The molecule has 0 atom stereocenters. The van der Waals surface area contributed by atoms with E-state index in [-0.39, 0.29) is 6.10 Å². The third-order valence-corrected chi connectivity index (χ3v) is 6.64. The van der Waals surface area contributed by atoms with Crippen molar-refractivity contribution < 1.29 is 14.3 Å². The van der Waals surface area contributed by atoms with Crippen LogP contribution in [0.4, 0.5) is 5.69 Å². The summed E-state index contributed by atoms with van der Waals surface area (Å²) in [6.45, 7) is 6.09. The highest BCUT2D eigenvalue weighted by molar-refractivity contribution is 5.99. The first-order valence-electron chi connectivity index (χ1n) is 12.0. The van der Waals surface area contributed by atoms with E-state index in [1.807, 2.05) is 12.3 Å². The molecular weight excluding hydrogens is 414 g/mol. The van der Waals surface area contributed by atoms with E-state index >= 15 is 0 Å². The highest BCUT2D eigenvalue weighted by Gasteiger charge is 2.21. The fourth-order valence-electron chi connectivity index (χ4n) is 4.86. The molecule has 0 amide bonds. The minimum absolute atomic E-state index is 0.231. The van der Waals surface area contributed by atoms with Crippen LogP contribution >= 0.6 is 0 Å². The molecule has 5 rings (SSSR count). The van der Waals surface area contributed by atoms with Crippen molar-refractivity contribution in [1.29, 1.82) is 0 Å². The molecule has 0 unspecified atom stereocenters. The number of anilines is 1. The summed E-state index contributed by atoms with van der Waals surface area (Å²) in [4.78, 5) is 20.1. The smallest absolute Gasteiger partial charge is 0.121 e. The summed E-state index contributed by atoms with van der Waals surface area (Å²) in [6, 6.07) is 16.8. The fourth-order valence-corrected chi connectivity index (χ4v) is 4.86. The molecule has 2 fully saturated rings. The first-order valence-corrected chi connectivity index (χ1v) is 12.0. The van der Waals surface area contributed by atoms with E-state index in [1.54, 1.807) is 0 Å². The SMILES string of the molecule is O=CCCN1CCC(Oc2ccc(-c3cnc4ccccc4c3N3CCOCC3)cc2)CC1. The monoisotopic (exact) mass is 445 g/mol. The molecular formula is C27H31N3O3. The maximum Gasteiger partial charge on any atom is 0.121 e. The molecule has 3 aromatic rings. The lowest BCUT2D eigenvalue weighted by Gasteiger charge is -2.32. The highest BCUT2D eigenvalue weighted by Crippen LogP contribution is 2.37. The first-order chi connectivity index (χ1) is 16.3. The predicted octanol–water partition coefficient (Wildman–Crippen LogP) is 4.17. The van der Waals surface area contributed by atoms with Crippen LogP contribution in [0.25, 0.3) is 22.0 Å². The van der Waals surface area contributed by atoms with Gasteiger partial charge in [-0.25, -0.2) is 0 Å². The molecule has 2 aliphatic heterocycles. The van der Waals surface area contributed by atoms with Crippen molar-refractivity contribution in [3.63, 3.8) is 0 Å². The van der Waals surface area contributed by atoms with Crippen LogP contribution in [-0.4, -0.2) is 68.2 Å². The largest absolute Gasteiger partial charge is 0.490 e. The molecule has 0 radical (unpaired) electrons. The number of aldehydes is 1. The molecule has 6 nitrogen and oxygen atoms in total. The maximum atomic E-state index is 10.6. The van der Waals surface area contributed by atoms with Gasteiger partial charge in [-0.1, -0.05) is 30.3 Å². The van der Waals surface area contributed by atoms with E-state index in [1.165, 1.54) is 11.1 Å². The summed E-state index contributed by atoms with van der Waals surface area (Å²) in [5, 5.41) is 1.18. The number of aromatic nitrogens is 1. The van der Waals surface area contributed by atoms with Crippen LogP contribution in [0.3, 0.4) is 0 Å². The van der Waals surface area contributed by atoms with E-state index in [4.69, 9.17) is 14.5 Å². The number of carbonyl (C=O) groups is 1. The van der Waals surface area contributed by atoms with E-state index in [0.717, 1.165) is 87.5 Å². The van der Waals surface area contributed by atoms with Crippen molar-refractivity contribution in [1.82, 2.24) is 9.88 Å². The minimum Gasteiger partial charge on any atom is -0.490 e. The Bertz CT molecular complexity index is 1070. The number of carbonyl (C=O) groups excluding carboxylic acids is 1. The van der Waals surface area contributed by atoms with Gasteiger partial charge in [0.2, 0.25) is 0 Å². The van der Waals surface area contributed by atoms with Crippen molar-refractivity contribution >= 4 is 22.9 Å². The Kier molecular flexibility index (Phi) is 6.84. The van der Waals surface area contributed by atoms with E-state index in [2.05, 4.69) is 52.3 Å². The summed E-state index contributed by atoms with van der Waals surface area (Å²) >= 11 is 0. The van der Waals surface area contributed by atoms with Crippen molar-refractivity contribution in [2.45, 2.75) is 25.4 Å². The topological polar surface area (TPSA) is 54.9 Å². The van der Waals surface area contributed by atoms with Gasteiger partial charge in [-0.15, -0.1) is 0 Å². The second kappa shape index (κ2) is 10.3. The van der Waals surface area contributed by atoms with Gasteiger partial charge in [0.05, 0.1) is 24.4 Å². The number of fused-ring (bicyclic) bond motifs is 1. The first kappa shape index (κ1) is 21.9. The van der Waals surface area contributed by atoms with Gasteiger partial charge in [0.25, 0.3) is 0 Å². The molecule has 0 saturated carbocycles. The van der Waals surface area contributed by atoms with Crippen molar-refractivity contribution in [2.75, 3.05) is 50.8 Å². The van der Waals surface area contributed by atoms with Gasteiger partial charge in [-0.2, -0.15) is 0 Å². The molecule has 2 aliphatic rings. The molecule has 172 valence electrons. The predicted molar refractivity (Wildman–Crippen MR) is 131 cm³/mol. The zero-order chi connectivity index (χ0) is 22.5. The number of hydrogen-bond acceptors (Lipinski definition) is 6. The van der Waals surface area contributed by atoms with Gasteiger partial charge in [0.1, 0.15) is 18.1 Å². The lowest BCUT2D eigenvalue weighted by atomic mass is 10.0. The van der Waals surface area contributed by atoms with Crippen LogP contribution in [0.2, 0.25) is 0 Å². The van der Waals surface area contributed by atoms with E-state index < -0.39 is 0 Å². The Morgan fingerprint density at radius 3 is 2.52 bits per heavy atom. The molecule has 2 saturated heterocycles. The van der Waals surface area contributed by atoms with E-state index in [0.29, 0.717) is 6.42 Å². The summed E-state index contributed by atoms with van der Waals surface area (Å²) in [7, 11) is 0. The number of pyridine rings is 1. The molecule has 0 aliphatic carbocycles. The van der Waals surface area contributed by atoms with Crippen LogP contribution in [-0.2, 0) is 9.53 Å². The van der Waals surface area contributed by atoms with Crippen LogP contribution in [0.5, 0.6) is 5.75 Å². The number of rotatable bonds is 7. The zero-order valence-corrected chi connectivity index (χ0v) is 19.0. The second-order valence-electron chi connectivity index (χ2n) is 8.78. The van der Waals surface area contributed by atoms with Gasteiger partial charge in [0.15, 0.2) is 0 Å². The molecule has 33 heavy (non-hydrogen) atoms. The van der Waals surface area contributed by atoms with Crippen LogP contribution in [0.1, 0.15) is 19.3 Å². The lowest BCUT2D eigenvalue weighted by Crippen LogP contribution is -2.38. The van der Waals surface area contributed by atoms with Gasteiger partial charge in [0, 0.05) is 56.3 Å². The quantitative estimate of drug-likeness (QED) is 0.509. The Morgan fingerprint density at radius 2 is 1.76 bits per heavy atom. The summed E-state index contributed by atoms with van der Waals surface area (Å²) < 4.78 is 11.9. The fraction of sp³-hybridized carbons (Fsp3) is 0.407. The second-order valence-corrected chi connectivity index (χ2v) is 8.78. The third-order valence-electron chi connectivity index (χ3n) is 6.64. The van der Waals surface area contributed by atoms with Gasteiger partial charge in [-0.05, 0) is 36.6 Å². The summed E-state index contributed by atoms with van der Waals surface area (Å²) in [5.74, 6) is 0.909. The Morgan fingerprint density at radius 1 is 1.00 bits per heavy atom. The Balaban J connectivity index is 1.34.